The van der Waals surface area contributed by atoms with Crippen molar-refractivity contribution in [1.82, 2.24) is 0 Å². The van der Waals surface area contributed by atoms with Crippen LogP contribution in [0.3, 0.4) is 0 Å². The predicted molar refractivity (Wildman–Crippen MR) is 50.2 cm³/mol. The summed E-state index contributed by atoms with van der Waals surface area (Å²) in [6.45, 7) is 1.46. The summed E-state index contributed by atoms with van der Waals surface area (Å²) in [5.41, 5.74) is 4.49. The van der Waals surface area contributed by atoms with Crippen LogP contribution in [0.15, 0.2) is 18.2 Å². The predicted octanol–water partition coefficient (Wildman–Crippen LogP) is 2.12. The quantitative estimate of drug-likeness (QED) is 0.691. The van der Waals surface area contributed by atoms with Crippen LogP contribution in [0.1, 0.15) is 12.5 Å². The van der Waals surface area contributed by atoms with Crippen molar-refractivity contribution in [3.05, 3.63) is 33.8 Å². The van der Waals surface area contributed by atoms with Gasteiger partial charge in [-0.05, 0) is 19.1 Å². The van der Waals surface area contributed by atoms with Crippen molar-refractivity contribution in [2.45, 2.75) is 12.6 Å². The van der Waals surface area contributed by atoms with Crippen LogP contribution >= 0.6 is 23.2 Å². The zero-order valence-corrected chi connectivity index (χ0v) is 8.02. The van der Waals surface area contributed by atoms with E-state index in [2.05, 4.69) is 0 Å². The van der Waals surface area contributed by atoms with Gasteiger partial charge >= 0.3 is 0 Å². The lowest BCUT2D eigenvalue weighted by Gasteiger charge is -2.18. The van der Waals surface area contributed by atoms with Gasteiger partial charge in [0, 0.05) is 15.6 Å². The summed E-state index contributed by atoms with van der Waals surface area (Å²) in [5, 5.41) is 10.3. The number of nitrogens with two attached hydrogens (primary N) is 1. The fourth-order valence-corrected chi connectivity index (χ4v) is 1.50. The lowest BCUT2D eigenvalue weighted by molar-refractivity contribution is 0.0648. The monoisotopic (exact) mass is 205 g/mol. The standard InChI is InChI=1S/C8H9Cl2NO/c1-8(11,12)6-3-2-5(9)4-7(6)10/h2-4,12H,11H2,1H3/t8-/m0/s1. The van der Waals surface area contributed by atoms with E-state index in [-0.39, 0.29) is 0 Å². The highest BCUT2D eigenvalue weighted by Crippen LogP contribution is 2.26. The van der Waals surface area contributed by atoms with Gasteiger partial charge in [-0.25, -0.2) is 0 Å². The van der Waals surface area contributed by atoms with Crippen LogP contribution in [0.25, 0.3) is 0 Å². The highest BCUT2D eigenvalue weighted by atomic mass is 35.5. The molecule has 0 saturated carbocycles. The molecule has 0 aliphatic carbocycles. The van der Waals surface area contributed by atoms with Crippen molar-refractivity contribution >= 4 is 23.2 Å². The van der Waals surface area contributed by atoms with E-state index >= 15 is 0 Å². The van der Waals surface area contributed by atoms with Gasteiger partial charge in [-0.3, -0.25) is 5.73 Å². The van der Waals surface area contributed by atoms with Gasteiger partial charge < -0.3 is 5.11 Å². The summed E-state index contributed by atoms with van der Waals surface area (Å²) >= 11 is 11.4. The second-order valence-electron chi connectivity index (χ2n) is 2.77. The number of hydrogen-bond donors (Lipinski definition) is 2. The Morgan fingerprint density at radius 2 is 2.00 bits per heavy atom. The van der Waals surface area contributed by atoms with Gasteiger partial charge in [-0.15, -0.1) is 0 Å². The summed E-state index contributed by atoms with van der Waals surface area (Å²) in [6, 6.07) is 4.77. The first kappa shape index (κ1) is 9.81. The molecule has 1 aromatic rings. The Bertz CT molecular complexity index is 294. The molecule has 0 aromatic heterocycles. The second-order valence-corrected chi connectivity index (χ2v) is 3.62. The Hall–Kier alpha value is -0.280. The van der Waals surface area contributed by atoms with Crippen LogP contribution in [0, 0.1) is 0 Å². The van der Waals surface area contributed by atoms with E-state index in [1.165, 1.54) is 6.92 Å². The van der Waals surface area contributed by atoms with Gasteiger partial charge in [0.05, 0.1) is 0 Å². The molecule has 0 saturated heterocycles. The number of aliphatic hydroxyl groups is 1. The minimum Gasteiger partial charge on any atom is -0.372 e. The Balaban J connectivity index is 3.19. The number of benzene rings is 1. The van der Waals surface area contributed by atoms with Crippen LogP contribution in [0.2, 0.25) is 10.0 Å². The fraction of sp³-hybridized carbons (Fsp3) is 0.250. The maximum absolute atomic E-state index is 9.41. The van der Waals surface area contributed by atoms with E-state index in [1.807, 2.05) is 0 Å². The van der Waals surface area contributed by atoms with E-state index in [4.69, 9.17) is 28.9 Å². The SMILES string of the molecule is C[C@](N)(O)c1ccc(Cl)cc1Cl. The summed E-state index contributed by atoms with van der Waals surface area (Å²) in [4.78, 5) is 0. The molecule has 1 rings (SSSR count). The van der Waals surface area contributed by atoms with E-state index in [9.17, 15) is 5.11 Å². The maximum atomic E-state index is 9.41. The van der Waals surface area contributed by atoms with E-state index in [0.717, 1.165) is 0 Å². The molecule has 66 valence electrons. The molecule has 0 spiro atoms. The van der Waals surface area contributed by atoms with Gasteiger partial charge in [0.1, 0.15) is 5.72 Å². The molecular weight excluding hydrogens is 197 g/mol. The average molecular weight is 206 g/mol. The zero-order valence-electron chi connectivity index (χ0n) is 6.51. The Kier molecular flexibility index (Phi) is 2.64. The van der Waals surface area contributed by atoms with E-state index in [0.29, 0.717) is 15.6 Å². The van der Waals surface area contributed by atoms with Crippen LogP contribution in [-0.2, 0) is 5.72 Å². The van der Waals surface area contributed by atoms with Crippen LogP contribution in [0.4, 0.5) is 0 Å². The smallest absolute Gasteiger partial charge is 0.138 e. The molecule has 0 bridgehead atoms. The molecule has 0 heterocycles. The van der Waals surface area contributed by atoms with Crippen molar-refractivity contribution in [1.29, 1.82) is 0 Å². The molecule has 0 unspecified atom stereocenters. The van der Waals surface area contributed by atoms with E-state index in [1.54, 1.807) is 18.2 Å². The third-order valence-electron chi connectivity index (χ3n) is 1.48. The first-order valence-electron chi connectivity index (χ1n) is 3.38. The molecule has 12 heavy (non-hydrogen) atoms. The lowest BCUT2D eigenvalue weighted by atomic mass is 10.1. The van der Waals surface area contributed by atoms with Gasteiger partial charge in [0.2, 0.25) is 0 Å². The molecule has 0 amide bonds. The minimum atomic E-state index is -1.42. The van der Waals surface area contributed by atoms with Gasteiger partial charge in [-0.1, -0.05) is 29.3 Å². The first-order valence-corrected chi connectivity index (χ1v) is 4.13. The average Bonchev–Trinajstić information content (AvgIpc) is 1.83. The molecular formula is C8H9Cl2NO. The summed E-state index contributed by atoms with van der Waals surface area (Å²) < 4.78 is 0. The number of rotatable bonds is 1. The molecule has 1 aromatic carbocycles. The molecule has 2 nitrogen and oxygen atoms in total. The van der Waals surface area contributed by atoms with Crippen molar-refractivity contribution in [3.8, 4) is 0 Å². The lowest BCUT2D eigenvalue weighted by Crippen LogP contribution is -2.32. The molecule has 0 aliphatic heterocycles. The van der Waals surface area contributed by atoms with Crippen molar-refractivity contribution in [2.75, 3.05) is 0 Å². The molecule has 1 atom stereocenters. The Morgan fingerprint density at radius 1 is 1.42 bits per heavy atom. The normalized spacial score (nSPS) is 15.8. The molecule has 0 aliphatic rings. The van der Waals surface area contributed by atoms with Gasteiger partial charge in [-0.2, -0.15) is 0 Å². The summed E-state index contributed by atoms with van der Waals surface area (Å²) in [7, 11) is 0. The number of halogens is 2. The minimum absolute atomic E-state index is 0.370. The van der Waals surface area contributed by atoms with Crippen molar-refractivity contribution in [2.24, 2.45) is 5.73 Å². The molecule has 0 radical (unpaired) electrons. The van der Waals surface area contributed by atoms with Gasteiger partial charge in [0.25, 0.3) is 0 Å². The second kappa shape index (κ2) is 3.23. The Morgan fingerprint density at radius 3 is 2.42 bits per heavy atom. The molecule has 0 fully saturated rings. The maximum Gasteiger partial charge on any atom is 0.138 e. The van der Waals surface area contributed by atoms with Crippen LogP contribution < -0.4 is 5.73 Å². The highest BCUT2D eigenvalue weighted by molar-refractivity contribution is 6.35. The highest BCUT2D eigenvalue weighted by Gasteiger charge is 2.19. The third-order valence-corrected chi connectivity index (χ3v) is 2.02. The zero-order chi connectivity index (χ0) is 9.35. The molecule has 3 N–H and O–H groups in total. The van der Waals surface area contributed by atoms with E-state index < -0.39 is 5.72 Å². The summed E-state index contributed by atoms with van der Waals surface area (Å²) in [6.07, 6.45) is 0. The Labute approximate surface area is 80.9 Å². The topological polar surface area (TPSA) is 46.2 Å². The largest absolute Gasteiger partial charge is 0.372 e. The van der Waals surface area contributed by atoms with Gasteiger partial charge in [0.15, 0.2) is 0 Å². The first-order chi connectivity index (χ1) is 5.41. The van der Waals surface area contributed by atoms with Crippen molar-refractivity contribution in [3.63, 3.8) is 0 Å². The van der Waals surface area contributed by atoms with Crippen LogP contribution in [-0.4, -0.2) is 5.11 Å². The molecule has 4 heteroatoms. The summed E-state index contributed by atoms with van der Waals surface area (Å²) in [5.74, 6) is 0. The fourth-order valence-electron chi connectivity index (χ4n) is 0.900. The van der Waals surface area contributed by atoms with Crippen LogP contribution in [0.5, 0.6) is 0 Å². The number of hydrogen-bond acceptors (Lipinski definition) is 2. The van der Waals surface area contributed by atoms with Crippen molar-refractivity contribution < 1.29 is 5.11 Å². The third kappa shape index (κ3) is 2.11.